The minimum absolute atomic E-state index is 0. The molecular weight excluding hydrogens is 1210 g/mol. The summed E-state index contributed by atoms with van der Waals surface area (Å²) in [7, 11) is 0. The molecule has 61 heavy (non-hydrogen) atoms. The van der Waals surface area contributed by atoms with Gasteiger partial charge in [-0.05, 0) is 83.1 Å². The molecule has 0 bridgehead atoms. The molecule has 366 valence electrons. The van der Waals surface area contributed by atoms with E-state index in [4.69, 9.17) is 174 Å². The average molecular weight is 1270 g/mol. The van der Waals surface area contributed by atoms with Crippen LogP contribution in [0.3, 0.4) is 0 Å². The van der Waals surface area contributed by atoms with Crippen LogP contribution >= 0.6 is 73.3 Å². The molecular formula is C30H60MoN6O6S18-6. The summed E-state index contributed by atoms with van der Waals surface area (Å²) in [6.45, 7) is 35.7. The van der Waals surface area contributed by atoms with Crippen LogP contribution in [-0.2, 0) is 172 Å². The summed E-state index contributed by atoms with van der Waals surface area (Å²) < 4.78 is 50.5. The second kappa shape index (κ2) is 91.8. The van der Waals surface area contributed by atoms with Crippen molar-refractivity contribution in [1.29, 1.82) is 0 Å². The van der Waals surface area contributed by atoms with Crippen molar-refractivity contribution < 1.29 is 46.3 Å². The van der Waals surface area contributed by atoms with Crippen LogP contribution in [0, 0.1) is 0 Å². The van der Waals surface area contributed by atoms with Gasteiger partial charge in [0, 0.05) is 99.6 Å². The zero-order valence-corrected chi connectivity index (χ0v) is 53.1. The van der Waals surface area contributed by atoms with E-state index in [1.165, 1.54) is 0 Å². The van der Waals surface area contributed by atoms with Gasteiger partial charge >= 0.3 is 0 Å². The molecule has 0 amide bonds. The number of nitrogens with zero attached hydrogens (tertiary/aromatic N) is 6. The van der Waals surface area contributed by atoms with E-state index in [-0.39, 0.29) is 21.1 Å². The number of hydrogen-bond donors (Lipinski definition) is 0. The zero-order chi connectivity index (χ0) is 51.4. The molecule has 0 saturated carbocycles. The van der Waals surface area contributed by atoms with Gasteiger partial charge in [-0.25, -0.2) is 0 Å². The SMILES string of the molecule is CCN(CC)C(=S)[S-].CCN(CC)C(=S)[S-].CCN(CC)C(=S)[S-].CCN(CC)C(=S)[S-].CCN(CC)C(=S)[S-].CCN(CC)C(=S)[S-].O=S.O=S.O=S.O=S.O=S.O=S.[Mo]. The van der Waals surface area contributed by atoms with E-state index in [0.717, 1.165) is 78.5 Å². The van der Waals surface area contributed by atoms with Crippen LogP contribution in [0.1, 0.15) is 83.1 Å². The molecule has 0 rings (SSSR count). The molecule has 0 aliphatic heterocycles. The number of rotatable bonds is 12. The summed E-state index contributed by atoms with van der Waals surface area (Å²) in [4.78, 5) is 11.8. The van der Waals surface area contributed by atoms with Crippen molar-refractivity contribution in [3.63, 3.8) is 0 Å². The van der Waals surface area contributed by atoms with Crippen LogP contribution in [0.2, 0.25) is 0 Å². The molecule has 0 heterocycles. The first kappa shape index (κ1) is 96.5. The summed E-state index contributed by atoms with van der Waals surface area (Å²) in [5, 5.41) is 0. The Morgan fingerprint density at radius 2 is 0.295 bits per heavy atom. The van der Waals surface area contributed by atoms with E-state index in [1.54, 1.807) is 0 Å². The molecule has 0 aromatic rings. The fourth-order valence-electron chi connectivity index (χ4n) is 2.89. The topological polar surface area (TPSA) is 122 Å². The van der Waals surface area contributed by atoms with Crippen molar-refractivity contribution in [3.8, 4) is 0 Å². The van der Waals surface area contributed by atoms with E-state index < -0.39 is 0 Å². The van der Waals surface area contributed by atoms with Gasteiger partial charge in [0.1, 0.15) is 0 Å². The van der Waals surface area contributed by atoms with Gasteiger partial charge in [-0.15, -0.1) is 0 Å². The van der Waals surface area contributed by atoms with Crippen molar-refractivity contribution in [2.45, 2.75) is 83.1 Å². The molecule has 0 unspecified atom stereocenters. The smallest absolute Gasteiger partial charge is 0.197 e. The van der Waals surface area contributed by atoms with Crippen LogP contribution < -0.4 is 0 Å². The zero-order valence-electron chi connectivity index (χ0n) is 36.4. The quantitative estimate of drug-likeness (QED) is 0.149. The van der Waals surface area contributed by atoms with E-state index in [9.17, 15) is 0 Å². The first-order valence-electron chi connectivity index (χ1n) is 17.1. The number of hydrogen-bond acceptors (Lipinski definition) is 24. The van der Waals surface area contributed by atoms with Crippen molar-refractivity contribution in [3.05, 3.63) is 0 Å². The Hall–Kier alpha value is 1.47. The van der Waals surface area contributed by atoms with Gasteiger partial charge in [0.05, 0.1) is 0 Å². The Morgan fingerprint density at radius 1 is 0.246 bits per heavy atom. The minimum atomic E-state index is 0. The van der Waals surface area contributed by atoms with Gasteiger partial charge in [0.2, 0.25) is 0 Å². The Balaban J connectivity index is -0.0000000390. The molecule has 0 radical (unpaired) electrons. The van der Waals surface area contributed by atoms with Crippen molar-refractivity contribution in [2.24, 2.45) is 0 Å². The van der Waals surface area contributed by atoms with Gasteiger partial charge < -0.3 is 178 Å². The van der Waals surface area contributed by atoms with Gasteiger partial charge in [0.15, 0.2) is 75.2 Å². The van der Waals surface area contributed by atoms with Crippen molar-refractivity contribution >= 4 is 250 Å². The molecule has 0 atom stereocenters. The summed E-state index contributed by atoms with van der Waals surface area (Å²) in [6.07, 6.45) is 0. The first-order chi connectivity index (χ1) is 28.3. The molecule has 0 aromatic carbocycles. The van der Waals surface area contributed by atoms with Crippen molar-refractivity contribution in [2.75, 3.05) is 78.5 Å². The van der Waals surface area contributed by atoms with Gasteiger partial charge in [0.25, 0.3) is 0 Å². The normalized spacial score (nSPS) is 7.28. The third-order valence-electron chi connectivity index (χ3n) is 6.13. The predicted molar refractivity (Wildman–Crippen MR) is 306 cm³/mol. The predicted octanol–water partition coefficient (Wildman–Crippen LogP) is 4.94. The molecule has 0 spiro atoms. The Labute approximate surface area is 481 Å². The van der Waals surface area contributed by atoms with Gasteiger partial charge in [-0.2, -0.15) is 25.3 Å². The summed E-state index contributed by atoms with van der Waals surface area (Å²) >= 11 is 74.1. The molecule has 0 N–H and O–H groups in total. The third-order valence-corrected chi connectivity index (χ3v) is 9.23. The molecule has 0 fully saturated rings. The maximum Gasteiger partial charge on any atom is 0.197 e. The summed E-state index contributed by atoms with van der Waals surface area (Å²) in [5.74, 6) is 0. The molecule has 12 nitrogen and oxygen atoms in total. The molecule has 0 aliphatic carbocycles. The first-order valence-corrected chi connectivity index (χ1v) is 24.0. The van der Waals surface area contributed by atoms with Crippen LogP contribution in [-0.4, -0.2) is 159 Å². The second-order valence-corrected chi connectivity index (χ2v) is 14.8. The van der Waals surface area contributed by atoms with E-state index in [1.807, 2.05) is 112 Å². The monoisotopic (exact) mass is 1270 g/mol. The standard InChI is InChI=1S/6C5H11NS2.Mo.6OS/c6*1-3-6(4-2)5(7)8;;6*1-2/h6*3-4H2,1-2H3,(H,7,8);;;;;;;/p-6. The van der Waals surface area contributed by atoms with Gasteiger partial charge in [-0.1, -0.05) is 25.9 Å². The Morgan fingerprint density at radius 3 is 0.295 bits per heavy atom. The maximum atomic E-state index is 7.83. The third kappa shape index (κ3) is 88.8. The van der Waals surface area contributed by atoms with E-state index in [0.29, 0.717) is 25.9 Å². The largest absolute Gasteiger partial charge is 0.411 e. The fraction of sp³-hybridized carbons (Fsp3) is 0.800. The minimum Gasteiger partial charge on any atom is -0.411 e. The molecule has 31 heteroatoms. The van der Waals surface area contributed by atoms with Gasteiger partial charge in [-0.3, -0.25) is 0 Å². The average Bonchev–Trinajstić information content (AvgIpc) is 3.25. The van der Waals surface area contributed by atoms with Crippen molar-refractivity contribution in [1.82, 2.24) is 29.4 Å². The van der Waals surface area contributed by atoms with Crippen LogP contribution in [0.15, 0.2) is 0 Å². The second-order valence-electron chi connectivity index (χ2n) is 8.63. The fourth-order valence-corrected chi connectivity index (χ4v) is 5.99. The van der Waals surface area contributed by atoms with E-state index >= 15 is 0 Å². The molecule has 0 saturated heterocycles. The van der Waals surface area contributed by atoms with Crippen LogP contribution in [0.25, 0.3) is 0 Å². The Kier molecular flexibility index (Phi) is 145. The summed E-state index contributed by atoms with van der Waals surface area (Å²) in [6, 6.07) is 0. The molecule has 0 aliphatic rings. The summed E-state index contributed by atoms with van der Waals surface area (Å²) in [5.41, 5.74) is 0. The molecule has 0 aromatic heterocycles. The van der Waals surface area contributed by atoms with E-state index in [2.05, 4.69) is 75.2 Å². The number of thiocarbonyl (C=S) groups is 6. The Bertz CT molecular complexity index is 763. The maximum absolute atomic E-state index is 7.83. The van der Waals surface area contributed by atoms with Crippen LogP contribution in [0.5, 0.6) is 0 Å². The van der Waals surface area contributed by atoms with Crippen LogP contribution in [0.4, 0.5) is 0 Å².